The molecule has 31 heavy (non-hydrogen) atoms. The topological polar surface area (TPSA) is 88.4 Å². The van der Waals surface area contributed by atoms with Gasteiger partial charge in [0.05, 0.1) is 12.5 Å². The van der Waals surface area contributed by atoms with Crippen LogP contribution in [0.15, 0.2) is 16.3 Å². The molecule has 0 saturated carbocycles. The molecule has 0 N–H and O–H groups in total. The van der Waals surface area contributed by atoms with Crippen molar-refractivity contribution in [3.63, 3.8) is 0 Å². The number of thiophene rings is 1. The summed E-state index contributed by atoms with van der Waals surface area (Å²) in [6.07, 6.45) is 8.36. The van der Waals surface area contributed by atoms with Gasteiger partial charge >= 0.3 is 0 Å². The Balaban J connectivity index is 1.31. The number of aromatic nitrogens is 3. The van der Waals surface area contributed by atoms with Crippen molar-refractivity contribution in [2.75, 3.05) is 19.6 Å². The summed E-state index contributed by atoms with van der Waals surface area (Å²) < 4.78 is 29.7. The van der Waals surface area contributed by atoms with Crippen LogP contribution in [0.2, 0.25) is 0 Å². The van der Waals surface area contributed by atoms with Crippen LogP contribution in [0.1, 0.15) is 67.5 Å². The number of fused-ring (bicyclic) bond motifs is 1. The van der Waals surface area contributed by atoms with E-state index in [9.17, 15) is 13.2 Å². The first-order valence-electron chi connectivity index (χ1n) is 11.3. The van der Waals surface area contributed by atoms with Gasteiger partial charge in [-0.2, -0.15) is 4.31 Å². The van der Waals surface area contributed by atoms with Gasteiger partial charge < -0.3 is 9.47 Å². The Morgan fingerprint density at radius 2 is 1.81 bits per heavy atom. The summed E-state index contributed by atoms with van der Waals surface area (Å²) in [6.45, 7) is 2.83. The van der Waals surface area contributed by atoms with Crippen LogP contribution >= 0.6 is 11.3 Å². The van der Waals surface area contributed by atoms with Gasteiger partial charge in [-0.15, -0.1) is 21.5 Å². The van der Waals surface area contributed by atoms with Gasteiger partial charge in [0, 0.05) is 37.5 Å². The number of carbonyl (C=O) groups is 1. The summed E-state index contributed by atoms with van der Waals surface area (Å²) in [5.74, 6) is 2.01. The van der Waals surface area contributed by atoms with E-state index in [1.54, 1.807) is 16.4 Å². The van der Waals surface area contributed by atoms with E-state index in [2.05, 4.69) is 14.8 Å². The van der Waals surface area contributed by atoms with E-state index in [0.29, 0.717) is 17.3 Å². The first-order chi connectivity index (χ1) is 15.0. The van der Waals surface area contributed by atoms with E-state index in [-0.39, 0.29) is 18.4 Å². The van der Waals surface area contributed by atoms with E-state index in [1.165, 1.54) is 17.8 Å². The molecule has 2 aromatic rings. The lowest BCUT2D eigenvalue weighted by molar-refractivity contribution is -0.131. The van der Waals surface area contributed by atoms with Crippen molar-refractivity contribution in [2.24, 2.45) is 0 Å². The zero-order chi connectivity index (χ0) is 21.4. The normalized spacial score (nSPS) is 22.6. The van der Waals surface area contributed by atoms with Gasteiger partial charge in [-0.25, -0.2) is 8.42 Å². The second-order valence-electron chi connectivity index (χ2n) is 8.69. The smallest absolute Gasteiger partial charge is 0.252 e. The molecule has 10 heteroatoms. The molecule has 0 aromatic carbocycles. The number of rotatable bonds is 5. The summed E-state index contributed by atoms with van der Waals surface area (Å²) in [6, 6.07) is 3.42. The van der Waals surface area contributed by atoms with Crippen LogP contribution in [0.5, 0.6) is 0 Å². The number of carbonyl (C=O) groups excluding carboxylic acids is 1. The number of hydrogen-bond acceptors (Lipinski definition) is 6. The maximum atomic E-state index is 13.2. The Kier molecular flexibility index (Phi) is 5.87. The first-order valence-corrected chi connectivity index (χ1v) is 13.6. The van der Waals surface area contributed by atoms with Crippen molar-refractivity contribution < 1.29 is 13.2 Å². The molecule has 0 spiro atoms. The predicted octanol–water partition coefficient (Wildman–Crippen LogP) is 2.76. The first kappa shape index (κ1) is 21.1. The average molecular weight is 464 g/mol. The molecule has 0 radical (unpaired) electrons. The number of hydrogen-bond donors (Lipinski definition) is 0. The van der Waals surface area contributed by atoms with E-state index in [0.717, 1.165) is 74.6 Å². The maximum absolute atomic E-state index is 13.2. The molecule has 1 unspecified atom stereocenters. The zero-order valence-corrected chi connectivity index (χ0v) is 19.3. The van der Waals surface area contributed by atoms with Gasteiger partial charge in [0.25, 0.3) is 10.0 Å². The molecule has 2 aromatic heterocycles. The van der Waals surface area contributed by atoms with Crippen LogP contribution < -0.4 is 0 Å². The lowest BCUT2D eigenvalue weighted by atomic mass is 10.2. The van der Waals surface area contributed by atoms with Gasteiger partial charge in [0.15, 0.2) is 5.82 Å². The molecule has 0 aliphatic carbocycles. The average Bonchev–Trinajstić information content (AvgIpc) is 3.53. The van der Waals surface area contributed by atoms with Gasteiger partial charge in [0.2, 0.25) is 5.91 Å². The van der Waals surface area contributed by atoms with Crippen LogP contribution in [0.4, 0.5) is 0 Å². The van der Waals surface area contributed by atoms with Gasteiger partial charge in [0.1, 0.15) is 10.0 Å². The largest absolute Gasteiger partial charge is 0.332 e. The van der Waals surface area contributed by atoms with Crippen LogP contribution in [0, 0.1) is 0 Å². The SMILES string of the molecule is O=C(Cc1ccc(S(=O)(=O)N2CCCC2)s1)N1CCCC1c1nnc2n1CCCCC2. The predicted molar refractivity (Wildman–Crippen MR) is 117 cm³/mol. The van der Waals surface area contributed by atoms with Crippen LogP contribution in [-0.4, -0.2) is 57.9 Å². The van der Waals surface area contributed by atoms with Crippen molar-refractivity contribution in [3.05, 3.63) is 28.7 Å². The molecule has 5 heterocycles. The number of sulfonamides is 1. The highest BCUT2D eigenvalue weighted by molar-refractivity contribution is 7.91. The molecule has 8 nitrogen and oxygen atoms in total. The van der Waals surface area contributed by atoms with E-state index in [4.69, 9.17) is 0 Å². The second kappa shape index (κ2) is 8.63. The van der Waals surface area contributed by atoms with Crippen LogP contribution in [-0.2, 0) is 34.2 Å². The third-order valence-electron chi connectivity index (χ3n) is 6.63. The van der Waals surface area contributed by atoms with Gasteiger partial charge in [-0.05, 0) is 50.7 Å². The van der Waals surface area contributed by atoms with Crippen LogP contribution in [0.25, 0.3) is 0 Å². The van der Waals surface area contributed by atoms with Crippen molar-refractivity contribution in [1.29, 1.82) is 0 Å². The highest BCUT2D eigenvalue weighted by atomic mass is 32.2. The van der Waals surface area contributed by atoms with Crippen molar-refractivity contribution in [3.8, 4) is 0 Å². The minimum absolute atomic E-state index is 0.0281. The Bertz CT molecular complexity index is 1060. The molecular weight excluding hydrogens is 434 g/mol. The van der Waals surface area contributed by atoms with E-state index in [1.807, 2.05) is 4.90 Å². The standard InChI is InChI=1S/C21H29N5O3S2/c27-19(15-16-9-10-20(30-16)31(28,29)24-11-4-5-12-24)25-14-6-7-17(25)21-23-22-18-8-2-1-3-13-26(18)21/h9-10,17H,1-8,11-15H2. The van der Waals surface area contributed by atoms with E-state index >= 15 is 0 Å². The number of aryl methyl sites for hydroxylation is 1. The second-order valence-corrected chi connectivity index (χ2v) is 12.0. The summed E-state index contributed by atoms with van der Waals surface area (Å²) in [5.41, 5.74) is 0. The fourth-order valence-electron chi connectivity index (χ4n) is 4.99. The molecule has 168 valence electrons. The number of amides is 1. The van der Waals surface area contributed by atoms with Crippen molar-refractivity contribution in [2.45, 2.75) is 74.6 Å². The number of nitrogens with zero attached hydrogens (tertiary/aromatic N) is 5. The molecule has 1 amide bonds. The highest BCUT2D eigenvalue weighted by Crippen LogP contribution is 2.34. The quantitative estimate of drug-likeness (QED) is 0.680. The van der Waals surface area contributed by atoms with Gasteiger partial charge in [-0.3, -0.25) is 4.79 Å². The minimum Gasteiger partial charge on any atom is -0.332 e. The fraction of sp³-hybridized carbons (Fsp3) is 0.667. The highest BCUT2D eigenvalue weighted by Gasteiger charge is 2.35. The monoisotopic (exact) mass is 463 g/mol. The molecule has 1 atom stereocenters. The summed E-state index contributed by atoms with van der Waals surface area (Å²) in [4.78, 5) is 15.9. The third-order valence-corrected chi connectivity index (χ3v) is 10.1. The Labute approximate surface area is 187 Å². The molecule has 2 saturated heterocycles. The van der Waals surface area contributed by atoms with Crippen molar-refractivity contribution in [1.82, 2.24) is 24.0 Å². The lowest BCUT2D eigenvalue weighted by Crippen LogP contribution is -2.33. The molecule has 3 aliphatic heterocycles. The fourth-order valence-corrected chi connectivity index (χ4v) is 8.00. The summed E-state index contributed by atoms with van der Waals surface area (Å²) >= 11 is 1.23. The Morgan fingerprint density at radius 3 is 2.65 bits per heavy atom. The Morgan fingerprint density at radius 1 is 1.00 bits per heavy atom. The van der Waals surface area contributed by atoms with Crippen molar-refractivity contribution >= 4 is 27.3 Å². The minimum atomic E-state index is -3.43. The third kappa shape index (κ3) is 4.05. The molecule has 3 aliphatic rings. The lowest BCUT2D eigenvalue weighted by Gasteiger charge is -2.24. The summed E-state index contributed by atoms with van der Waals surface area (Å²) in [7, 11) is -3.43. The van der Waals surface area contributed by atoms with Gasteiger partial charge in [-0.1, -0.05) is 6.42 Å². The zero-order valence-electron chi connectivity index (χ0n) is 17.7. The number of likely N-dealkylation sites (tertiary alicyclic amines) is 1. The molecule has 5 rings (SSSR count). The molecule has 2 fully saturated rings. The van der Waals surface area contributed by atoms with Crippen LogP contribution in [0.3, 0.4) is 0 Å². The molecular formula is C21H29N5O3S2. The summed E-state index contributed by atoms with van der Waals surface area (Å²) in [5, 5.41) is 8.89. The Hall–Kier alpha value is -1.78. The molecule has 0 bridgehead atoms. The maximum Gasteiger partial charge on any atom is 0.252 e. The van der Waals surface area contributed by atoms with E-state index < -0.39 is 10.0 Å².